The van der Waals surface area contributed by atoms with Gasteiger partial charge in [0.25, 0.3) is 0 Å². The Kier molecular flexibility index (Phi) is 3.22. The van der Waals surface area contributed by atoms with E-state index >= 15 is 0 Å². The molecule has 2 aliphatic heterocycles. The maximum absolute atomic E-state index is 13.6. The fourth-order valence-corrected chi connectivity index (χ4v) is 3.08. The van der Waals surface area contributed by atoms with E-state index in [0.29, 0.717) is 16.5 Å². The molecule has 7 nitrogen and oxygen atoms in total. The summed E-state index contributed by atoms with van der Waals surface area (Å²) in [6.45, 7) is -11.9. The van der Waals surface area contributed by atoms with Crippen LogP contribution in [0.3, 0.4) is 0 Å². The highest BCUT2D eigenvalue weighted by Gasteiger charge is 2.29. The molecular weight excluding hydrogens is 402 g/mol. The molecule has 3 aromatic rings. The third-order valence-electron chi connectivity index (χ3n) is 4.58. The van der Waals surface area contributed by atoms with Gasteiger partial charge in [-0.25, -0.2) is 13.5 Å². The number of rotatable bonds is 5. The molecule has 1 N–H and O–H groups in total. The van der Waals surface area contributed by atoms with Gasteiger partial charge < -0.3 is 15.0 Å². The van der Waals surface area contributed by atoms with Gasteiger partial charge in [-0.05, 0) is 42.8 Å². The van der Waals surface area contributed by atoms with Gasteiger partial charge in [0.05, 0.1) is 31.8 Å². The second kappa shape index (κ2) is 8.24. The van der Waals surface area contributed by atoms with E-state index in [-0.39, 0.29) is 29.3 Å². The SMILES string of the molecule is [2H]C1(N2C([2H])([2H])C([2H])([2H])N(c3cc(C)cc(Nc4ncn(-c5cc(F)cc(F)c5)n4)c3)C([2H])([2H])C2([2H])[2H])COC1.[HH]. The van der Waals surface area contributed by atoms with Gasteiger partial charge in [0.1, 0.15) is 18.0 Å². The Morgan fingerprint density at radius 3 is 2.48 bits per heavy atom. The maximum atomic E-state index is 13.6. The monoisotopic (exact) mass is 437 g/mol. The van der Waals surface area contributed by atoms with Crippen LogP contribution in [-0.2, 0) is 4.74 Å². The van der Waals surface area contributed by atoms with Crippen LogP contribution in [0.15, 0.2) is 42.7 Å². The lowest BCUT2D eigenvalue weighted by molar-refractivity contribution is -0.0660. The number of benzene rings is 2. The Morgan fingerprint density at radius 1 is 1.06 bits per heavy atom. The van der Waals surface area contributed by atoms with Gasteiger partial charge in [-0.1, -0.05) is 0 Å². The van der Waals surface area contributed by atoms with Crippen molar-refractivity contribution >= 4 is 17.3 Å². The Labute approximate surface area is 193 Å². The normalized spacial score (nSPS) is 29.4. The first-order valence-electron chi connectivity index (χ1n) is 13.9. The molecule has 31 heavy (non-hydrogen) atoms. The number of nitrogens with zero attached hydrogens (tertiary/aromatic N) is 5. The lowest BCUT2D eigenvalue weighted by Gasteiger charge is -2.43. The van der Waals surface area contributed by atoms with Crippen molar-refractivity contribution in [2.75, 3.05) is 49.4 Å². The molecule has 0 atom stereocenters. The van der Waals surface area contributed by atoms with Crippen molar-refractivity contribution in [2.24, 2.45) is 0 Å². The number of aromatic nitrogens is 3. The van der Waals surface area contributed by atoms with Crippen LogP contribution in [0.2, 0.25) is 0 Å². The zero-order valence-electron chi connectivity index (χ0n) is 25.4. The molecule has 0 spiro atoms. The molecule has 2 aliphatic rings. The molecular formula is C22H26F2N6O. The van der Waals surface area contributed by atoms with Gasteiger partial charge in [0, 0.05) is 50.3 Å². The van der Waals surface area contributed by atoms with Gasteiger partial charge in [-0.2, -0.15) is 4.98 Å². The minimum atomic E-state index is -3.18. The summed E-state index contributed by atoms with van der Waals surface area (Å²) in [6.07, 6.45) is 1.20. The van der Waals surface area contributed by atoms with Gasteiger partial charge in [-0.3, -0.25) is 4.90 Å². The van der Waals surface area contributed by atoms with Crippen LogP contribution in [0, 0.1) is 18.6 Å². The van der Waals surface area contributed by atoms with Crippen molar-refractivity contribution in [3.05, 3.63) is 59.9 Å². The van der Waals surface area contributed by atoms with Gasteiger partial charge in [0.2, 0.25) is 5.95 Å². The highest BCUT2D eigenvalue weighted by molar-refractivity contribution is 5.64. The topological polar surface area (TPSA) is 58.5 Å². The quantitative estimate of drug-likeness (QED) is 0.661. The molecule has 0 aliphatic carbocycles. The third kappa shape index (κ3) is 4.38. The zero-order chi connectivity index (χ0) is 29.5. The van der Waals surface area contributed by atoms with E-state index in [0.717, 1.165) is 16.8 Å². The number of ether oxygens (including phenoxy) is 1. The second-order valence-corrected chi connectivity index (χ2v) is 7.00. The average molecular weight is 438 g/mol. The Morgan fingerprint density at radius 2 is 1.81 bits per heavy atom. The molecule has 0 amide bonds. The van der Waals surface area contributed by atoms with Crippen LogP contribution >= 0.6 is 0 Å². The van der Waals surface area contributed by atoms with Crippen molar-refractivity contribution in [3.8, 4) is 5.69 Å². The summed E-state index contributed by atoms with van der Waals surface area (Å²) in [5.74, 6) is -1.65. The Balaban J connectivity index is 0.00000387. The van der Waals surface area contributed by atoms with Gasteiger partial charge >= 0.3 is 0 Å². The molecule has 5 rings (SSSR count). The van der Waals surface area contributed by atoms with Crippen molar-refractivity contribution in [1.29, 1.82) is 0 Å². The lowest BCUT2D eigenvalue weighted by atomic mass is 10.1. The predicted molar refractivity (Wildman–Crippen MR) is 116 cm³/mol. The zero-order valence-corrected chi connectivity index (χ0v) is 16.4. The van der Waals surface area contributed by atoms with Crippen LogP contribution in [0.5, 0.6) is 0 Å². The molecule has 0 bridgehead atoms. The van der Waals surface area contributed by atoms with E-state index in [1.165, 1.54) is 18.5 Å². The van der Waals surface area contributed by atoms with E-state index in [4.69, 9.17) is 17.1 Å². The van der Waals surface area contributed by atoms with Gasteiger partial charge in [0.15, 0.2) is 0 Å². The summed E-state index contributed by atoms with van der Waals surface area (Å²) in [6, 6.07) is 5.02. The lowest BCUT2D eigenvalue weighted by Crippen LogP contribution is -2.56. The maximum Gasteiger partial charge on any atom is 0.246 e. The standard InChI is InChI=1S/C22H24F2N6O.H2/c1-15-6-18(11-19(7-15)28-2-4-29(5-3-28)21-12-31-13-21)26-22-25-14-30(27-22)20-9-16(23)8-17(24)10-20;/h6-11,14,21H,2-5,12-13H2,1H3,(H,26,27);1H/i2D2,3D2,4D2,5D2,21D;. The van der Waals surface area contributed by atoms with E-state index in [1.807, 2.05) is 0 Å². The summed E-state index contributed by atoms with van der Waals surface area (Å²) in [5, 5.41) is 6.97. The molecule has 2 fully saturated rings. The molecule has 164 valence electrons. The third-order valence-corrected chi connectivity index (χ3v) is 4.58. The summed E-state index contributed by atoms with van der Waals surface area (Å²) < 4.78 is 111. The summed E-state index contributed by atoms with van der Waals surface area (Å²) in [7, 11) is 0. The predicted octanol–water partition coefficient (Wildman–Crippen LogP) is 3.36. The van der Waals surface area contributed by atoms with Crippen LogP contribution in [0.1, 0.15) is 19.3 Å². The number of hydrogen-bond acceptors (Lipinski definition) is 6. The molecule has 2 saturated heterocycles. The van der Waals surface area contributed by atoms with E-state index < -0.39 is 56.9 Å². The second-order valence-electron chi connectivity index (χ2n) is 7.00. The molecule has 3 heterocycles. The first kappa shape index (κ1) is 12.1. The number of halogens is 2. The fourth-order valence-electron chi connectivity index (χ4n) is 3.08. The minimum absolute atomic E-state index is 0. The smallest absolute Gasteiger partial charge is 0.246 e. The highest BCUT2D eigenvalue weighted by atomic mass is 19.1. The first-order chi connectivity index (χ1) is 18.4. The Hall–Kier alpha value is -3.04. The summed E-state index contributed by atoms with van der Waals surface area (Å²) >= 11 is 0. The molecule has 0 unspecified atom stereocenters. The highest BCUT2D eigenvalue weighted by Crippen LogP contribution is 2.26. The van der Waals surface area contributed by atoms with E-state index in [2.05, 4.69) is 15.4 Å². The molecule has 2 aromatic carbocycles. The van der Waals surface area contributed by atoms with Crippen LogP contribution in [0.25, 0.3) is 5.69 Å². The van der Waals surface area contributed by atoms with Crippen LogP contribution in [0.4, 0.5) is 26.1 Å². The van der Waals surface area contributed by atoms with E-state index in [1.54, 1.807) is 13.0 Å². The number of aryl methyl sites for hydroxylation is 1. The molecule has 1 aromatic heterocycles. The number of piperazine rings is 1. The van der Waals surface area contributed by atoms with Crippen LogP contribution < -0.4 is 10.2 Å². The fraction of sp³-hybridized carbons (Fsp3) is 0.364. The molecule has 0 saturated carbocycles. The number of nitrogens with one attached hydrogen (secondary N) is 1. The average Bonchev–Trinajstić information content (AvgIpc) is 3.24. The molecule has 0 radical (unpaired) electrons. The number of anilines is 3. The van der Waals surface area contributed by atoms with E-state index in [9.17, 15) is 8.78 Å². The van der Waals surface area contributed by atoms with Crippen molar-refractivity contribution < 1.29 is 27.3 Å². The Bertz CT molecular complexity index is 1420. The van der Waals surface area contributed by atoms with Crippen molar-refractivity contribution in [2.45, 2.75) is 12.9 Å². The van der Waals surface area contributed by atoms with Crippen molar-refractivity contribution in [3.63, 3.8) is 0 Å². The largest absolute Gasteiger partial charge is 0.378 e. The summed E-state index contributed by atoms with van der Waals surface area (Å²) in [5.41, 5.74) is 0.569. The number of hydrogen-bond donors (Lipinski definition) is 1. The van der Waals surface area contributed by atoms with Crippen molar-refractivity contribution in [1.82, 2.24) is 19.7 Å². The first-order valence-corrected chi connectivity index (χ1v) is 9.36. The van der Waals surface area contributed by atoms with Gasteiger partial charge in [-0.15, -0.1) is 5.10 Å². The minimum Gasteiger partial charge on any atom is -0.378 e. The molecule has 9 heteroatoms. The van der Waals surface area contributed by atoms with Crippen LogP contribution in [-0.4, -0.2) is 64.9 Å². The summed E-state index contributed by atoms with van der Waals surface area (Å²) in [4.78, 5) is 4.74.